The second-order valence-corrected chi connectivity index (χ2v) is 9.70. The monoisotopic (exact) mass is 507 g/mol. The molecular weight excluding hydrogens is 464 g/mol. The van der Waals surface area contributed by atoms with Crippen LogP contribution >= 0.6 is 0 Å². The van der Waals surface area contributed by atoms with E-state index in [1.54, 1.807) is 0 Å². The average Bonchev–Trinajstić information content (AvgIpc) is 2.95. The van der Waals surface area contributed by atoms with Crippen molar-refractivity contribution in [2.45, 2.75) is 34.6 Å². The number of nitrogens with zero attached hydrogens (tertiary/aromatic N) is 2. The van der Waals surface area contributed by atoms with Gasteiger partial charge in [0.1, 0.15) is 6.54 Å². The molecular formula is C34H43N4+. The van der Waals surface area contributed by atoms with E-state index in [4.69, 9.17) is 5.73 Å². The number of hydrogen-bond acceptors (Lipinski definition) is 3. The predicted octanol–water partition coefficient (Wildman–Crippen LogP) is 5.04. The predicted molar refractivity (Wildman–Crippen MR) is 165 cm³/mol. The number of likely N-dealkylation sites (N-methyl/N-ethyl adjacent to an activating group) is 1. The summed E-state index contributed by atoms with van der Waals surface area (Å²) in [4.78, 5) is 8.28. The smallest absolute Gasteiger partial charge is 0.206 e. The summed E-state index contributed by atoms with van der Waals surface area (Å²) >= 11 is 0. The first-order valence-electron chi connectivity index (χ1n) is 14.1. The lowest BCUT2D eigenvalue weighted by Crippen LogP contribution is -2.72. The Hall–Kier alpha value is -3.63. The number of fused-ring (bicyclic) bond motifs is 1. The molecule has 0 saturated heterocycles. The zero-order valence-corrected chi connectivity index (χ0v) is 23.7. The van der Waals surface area contributed by atoms with Crippen molar-refractivity contribution in [3.63, 3.8) is 0 Å². The molecule has 198 valence electrons. The van der Waals surface area contributed by atoms with Crippen LogP contribution in [0.4, 0.5) is 11.4 Å². The lowest BCUT2D eigenvalue weighted by Gasteiger charge is -2.25. The quantitative estimate of drug-likeness (QED) is 0.404. The Morgan fingerprint density at radius 2 is 1.42 bits per heavy atom. The maximum atomic E-state index is 5.87. The van der Waals surface area contributed by atoms with Crippen molar-refractivity contribution in [3.8, 4) is 0 Å². The highest BCUT2D eigenvalue weighted by atomic mass is 15.1. The minimum Gasteiger partial charge on any atom is -0.372 e. The number of nitrogens with two attached hydrogens (primary N) is 1. The second kappa shape index (κ2) is 12.7. The molecule has 4 rings (SSSR count). The highest BCUT2D eigenvalue weighted by molar-refractivity contribution is 6.17. The molecule has 0 fully saturated rings. The third-order valence-corrected chi connectivity index (χ3v) is 7.47. The van der Waals surface area contributed by atoms with Gasteiger partial charge in [-0.15, -0.1) is 0 Å². The van der Waals surface area contributed by atoms with Crippen molar-refractivity contribution in [1.82, 2.24) is 0 Å². The van der Waals surface area contributed by atoms with Gasteiger partial charge in [-0.05, 0) is 104 Å². The summed E-state index contributed by atoms with van der Waals surface area (Å²) in [5, 5.41) is 0. The Morgan fingerprint density at radius 3 is 2.03 bits per heavy atom. The summed E-state index contributed by atoms with van der Waals surface area (Å²) in [6, 6.07) is 24.7. The van der Waals surface area contributed by atoms with Crippen LogP contribution in [0, 0.1) is 6.92 Å². The summed E-state index contributed by atoms with van der Waals surface area (Å²) in [7, 11) is 0. The van der Waals surface area contributed by atoms with Crippen LogP contribution in [0.3, 0.4) is 0 Å². The third-order valence-electron chi connectivity index (χ3n) is 7.47. The number of benzene rings is 3. The van der Waals surface area contributed by atoms with E-state index in [1.165, 1.54) is 56.0 Å². The second-order valence-electron chi connectivity index (χ2n) is 9.70. The van der Waals surface area contributed by atoms with Crippen LogP contribution in [0.1, 0.15) is 55.5 Å². The first-order valence-corrected chi connectivity index (χ1v) is 14.1. The average molecular weight is 508 g/mol. The SMILES string of the molecule is CC[NH+]=C1C=CC(=C(c2ccc(N(CC)CCN)cc2)c2ccc(N(CC)CC)cc2C)c2ccccc21. The molecule has 3 N–H and O–H groups in total. The molecule has 0 spiro atoms. The molecule has 4 nitrogen and oxygen atoms in total. The maximum absolute atomic E-state index is 5.87. The van der Waals surface area contributed by atoms with E-state index in [0.29, 0.717) is 6.54 Å². The Balaban J connectivity index is 1.94. The van der Waals surface area contributed by atoms with E-state index in [0.717, 1.165) is 32.7 Å². The number of allylic oxidation sites excluding steroid dienone is 3. The molecule has 0 radical (unpaired) electrons. The first-order chi connectivity index (χ1) is 18.6. The van der Waals surface area contributed by atoms with Crippen molar-refractivity contribution < 1.29 is 4.99 Å². The molecule has 1 aliphatic carbocycles. The van der Waals surface area contributed by atoms with Crippen molar-refractivity contribution in [1.29, 1.82) is 0 Å². The van der Waals surface area contributed by atoms with E-state index >= 15 is 0 Å². The van der Waals surface area contributed by atoms with E-state index < -0.39 is 0 Å². The number of rotatable bonds is 10. The van der Waals surface area contributed by atoms with Crippen molar-refractivity contribution in [2.75, 3.05) is 49.1 Å². The maximum Gasteiger partial charge on any atom is 0.206 e. The lowest BCUT2D eigenvalue weighted by molar-refractivity contribution is -0.450. The van der Waals surface area contributed by atoms with Gasteiger partial charge in [-0.1, -0.05) is 36.4 Å². The van der Waals surface area contributed by atoms with Crippen LogP contribution in [0.5, 0.6) is 0 Å². The fourth-order valence-corrected chi connectivity index (χ4v) is 5.50. The van der Waals surface area contributed by atoms with Gasteiger partial charge in [-0.2, -0.15) is 0 Å². The number of hydrogen-bond donors (Lipinski definition) is 2. The van der Waals surface area contributed by atoms with E-state index in [9.17, 15) is 0 Å². The molecule has 3 aromatic rings. The largest absolute Gasteiger partial charge is 0.372 e. The van der Waals surface area contributed by atoms with Crippen LogP contribution in [0.15, 0.2) is 78.9 Å². The van der Waals surface area contributed by atoms with Crippen LogP contribution in [0.25, 0.3) is 11.1 Å². The first kappa shape index (κ1) is 27.4. The molecule has 38 heavy (non-hydrogen) atoms. The number of nitrogens with one attached hydrogen (secondary N) is 1. The van der Waals surface area contributed by atoms with E-state index in [-0.39, 0.29) is 0 Å². The molecule has 0 amide bonds. The van der Waals surface area contributed by atoms with Gasteiger partial charge in [0.15, 0.2) is 0 Å². The zero-order valence-electron chi connectivity index (χ0n) is 23.7. The molecule has 0 unspecified atom stereocenters. The highest BCUT2D eigenvalue weighted by Gasteiger charge is 2.23. The van der Waals surface area contributed by atoms with Crippen molar-refractivity contribution in [3.05, 3.63) is 107 Å². The topological polar surface area (TPSA) is 46.5 Å². The molecule has 0 aromatic heterocycles. The normalized spacial score (nSPS) is 14.9. The molecule has 0 saturated carbocycles. The number of anilines is 2. The van der Waals surface area contributed by atoms with Crippen molar-refractivity contribution >= 4 is 28.2 Å². The van der Waals surface area contributed by atoms with Gasteiger partial charge in [0.25, 0.3) is 0 Å². The summed E-state index contributed by atoms with van der Waals surface area (Å²) in [6.45, 7) is 16.3. The molecule has 4 heteroatoms. The van der Waals surface area contributed by atoms with Crippen LogP contribution < -0.4 is 20.5 Å². The molecule has 3 aromatic carbocycles. The molecule has 0 heterocycles. The van der Waals surface area contributed by atoms with Gasteiger partial charge in [-0.3, -0.25) is 0 Å². The Labute approximate surface area is 229 Å². The van der Waals surface area contributed by atoms with E-state index in [1.807, 2.05) is 0 Å². The highest BCUT2D eigenvalue weighted by Crippen LogP contribution is 2.39. The van der Waals surface area contributed by atoms with Gasteiger partial charge in [0.05, 0.1) is 5.56 Å². The standard InChI is InChI=1S/C34H42N4/c1-6-36-33-21-20-32(30-12-10-11-13-31(30)33)34(26-14-16-27(17-15-26)38(9-4)23-22-35)29-19-18-28(24-25(29)5)37(7-2)8-3/h10-21,24H,6-9,22-23,35H2,1-5H3/p+1. The minimum atomic E-state index is 0.648. The van der Waals surface area contributed by atoms with Crippen LogP contribution in [0.2, 0.25) is 0 Å². The van der Waals surface area contributed by atoms with Gasteiger partial charge in [-0.25, -0.2) is 4.99 Å². The van der Waals surface area contributed by atoms with Crippen LogP contribution in [-0.2, 0) is 0 Å². The summed E-state index contributed by atoms with van der Waals surface area (Å²) in [6.07, 6.45) is 4.52. The molecule has 0 bridgehead atoms. The summed E-state index contributed by atoms with van der Waals surface area (Å²) < 4.78 is 0. The summed E-state index contributed by atoms with van der Waals surface area (Å²) in [5.41, 5.74) is 18.3. The molecule has 1 aliphatic rings. The number of aryl methyl sites for hydroxylation is 1. The fourth-order valence-electron chi connectivity index (χ4n) is 5.50. The third kappa shape index (κ3) is 5.61. The van der Waals surface area contributed by atoms with Crippen molar-refractivity contribution in [2.24, 2.45) is 5.73 Å². The summed E-state index contributed by atoms with van der Waals surface area (Å²) in [5.74, 6) is 0. The molecule has 0 aliphatic heterocycles. The molecule has 0 atom stereocenters. The van der Waals surface area contributed by atoms with E-state index in [2.05, 4.69) is 128 Å². The van der Waals surface area contributed by atoms with Gasteiger partial charge < -0.3 is 15.5 Å². The fraction of sp³-hybridized carbons (Fsp3) is 0.324. The Bertz CT molecular complexity index is 1330. The zero-order chi connectivity index (χ0) is 27.1. The van der Waals surface area contributed by atoms with Crippen LogP contribution in [-0.4, -0.2) is 45.0 Å². The van der Waals surface area contributed by atoms with Gasteiger partial charge in [0, 0.05) is 50.2 Å². The Morgan fingerprint density at radius 1 is 0.763 bits per heavy atom. The minimum absolute atomic E-state index is 0.648. The van der Waals surface area contributed by atoms with Gasteiger partial charge in [0.2, 0.25) is 5.71 Å². The van der Waals surface area contributed by atoms with Gasteiger partial charge >= 0.3 is 0 Å². The Kier molecular flexibility index (Phi) is 9.19. The lowest BCUT2D eigenvalue weighted by atomic mass is 9.82.